The number of carbonyl (C=O) groups excluding carboxylic acids is 1. The molecule has 0 spiro atoms. The van der Waals surface area contributed by atoms with Crippen molar-refractivity contribution in [2.24, 2.45) is 0 Å². The Morgan fingerprint density at radius 2 is 1.63 bits per heavy atom. The number of nitrogens with zero attached hydrogens (tertiary/aromatic N) is 1. The van der Waals surface area contributed by atoms with E-state index in [1.165, 1.54) is 16.7 Å². The number of hydrogen-bond acceptors (Lipinski definition) is 3. The van der Waals surface area contributed by atoms with E-state index in [0.29, 0.717) is 17.1 Å². The summed E-state index contributed by atoms with van der Waals surface area (Å²) in [5.74, 6) is 0.400. The van der Waals surface area contributed by atoms with Crippen molar-refractivity contribution in [1.82, 2.24) is 4.98 Å². The van der Waals surface area contributed by atoms with Gasteiger partial charge in [0.15, 0.2) is 5.58 Å². The molecule has 0 fully saturated rings. The van der Waals surface area contributed by atoms with Gasteiger partial charge in [0.25, 0.3) is 5.91 Å². The Labute approximate surface area is 177 Å². The van der Waals surface area contributed by atoms with E-state index in [1.807, 2.05) is 60.7 Å². The van der Waals surface area contributed by atoms with Crippen LogP contribution < -0.4 is 5.32 Å². The van der Waals surface area contributed by atoms with Crippen molar-refractivity contribution < 1.29 is 9.21 Å². The van der Waals surface area contributed by atoms with Crippen LogP contribution in [0.3, 0.4) is 0 Å². The predicted molar refractivity (Wildman–Crippen MR) is 122 cm³/mol. The maximum absolute atomic E-state index is 12.7. The summed E-state index contributed by atoms with van der Waals surface area (Å²) >= 11 is 0. The molecule has 4 aromatic rings. The average Bonchev–Trinajstić information content (AvgIpc) is 3.11. The lowest BCUT2D eigenvalue weighted by molar-refractivity contribution is 0.102. The molecule has 0 atom stereocenters. The molecule has 0 bridgehead atoms. The van der Waals surface area contributed by atoms with E-state index in [-0.39, 0.29) is 11.3 Å². The van der Waals surface area contributed by atoms with E-state index in [2.05, 4.69) is 44.9 Å². The third-order valence-corrected chi connectivity index (χ3v) is 5.38. The second-order valence-electron chi connectivity index (χ2n) is 8.79. The normalized spacial score (nSPS) is 11.6. The lowest BCUT2D eigenvalue weighted by Gasteiger charge is -2.19. The molecule has 0 unspecified atom stereocenters. The number of amides is 1. The molecule has 0 saturated carbocycles. The van der Waals surface area contributed by atoms with Crippen LogP contribution in [0, 0.1) is 13.8 Å². The summed E-state index contributed by atoms with van der Waals surface area (Å²) in [7, 11) is 0. The van der Waals surface area contributed by atoms with Crippen molar-refractivity contribution in [3.05, 3.63) is 82.9 Å². The fraction of sp³-hybridized carbons (Fsp3) is 0.231. The van der Waals surface area contributed by atoms with Crippen LogP contribution in [0.5, 0.6) is 0 Å². The largest absolute Gasteiger partial charge is 0.436 e. The number of nitrogens with one attached hydrogen (secondary N) is 1. The highest BCUT2D eigenvalue weighted by molar-refractivity contribution is 6.04. The summed E-state index contributed by atoms with van der Waals surface area (Å²) in [6, 6.07) is 19.3. The third kappa shape index (κ3) is 3.99. The molecule has 4 nitrogen and oxygen atoms in total. The zero-order valence-corrected chi connectivity index (χ0v) is 18.0. The first-order chi connectivity index (χ1) is 14.2. The standard InChI is InChI=1S/C26H26N2O2/c1-16-13-22-23(14-17(16)2)30-25(28-22)19-7-6-8-21(15-19)27-24(29)18-9-11-20(12-10-18)26(3,4)5/h6-15H,1-5H3,(H,27,29). The topological polar surface area (TPSA) is 55.1 Å². The second kappa shape index (κ2) is 7.45. The fourth-order valence-electron chi connectivity index (χ4n) is 3.36. The van der Waals surface area contributed by atoms with Crippen LogP contribution in [-0.2, 0) is 5.41 Å². The van der Waals surface area contributed by atoms with Gasteiger partial charge in [-0.3, -0.25) is 4.79 Å². The Morgan fingerprint density at radius 1 is 0.933 bits per heavy atom. The van der Waals surface area contributed by atoms with Gasteiger partial charge in [-0.05, 0) is 78.4 Å². The molecule has 3 aromatic carbocycles. The van der Waals surface area contributed by atoms with Gasteiger partial charge >= 0.3 is 0 Å². The quantitative estimate of drug-likeness (QED) is 0.420. The number of carbonyl (C=O) groups is 1. The number of aryl methyl sites for hydroxylation is 2. The van der Waals surface area contributed by atoms with Crippen LogP contribution in [0.2, 0.25) is 0 Å². The summed E-state index contributed by atoms with van der Waals surface area (Å²) in [6.07, 6.45) is 0. The first-order valence-corrected chi connectivity index (χ1v) is 10.1. The number of anilines is 1. The van der Waals surface area contributed by atoms with Gasteiger partial charge in [0.2, 0.25) is 5.89 Å². The maximum atomic E-state index is 12.7. The van der Waals surface area contributed by atoms with Crippen LogP contribution in [0.15, 0.2) is 65.1 Å². The molecule has 4 rings (SSSR count). The molecule has 0 aliphatic rings. The van der Waals surface area contributed by atoms with Crippen molar-refractivity contribution in [3.63, 3.8) is 0 Å². The van der Waals surface area contributed by atoms with Crippen molar-refractivity contribution >= 4 is 22.7 Å². The molecule has 4 heteroatoms. The highest BCUT2D eigenvalue weighted by atomic mass is 16.3. The number of aromatic nitrogens is 1. The van der Waals surface area contributed by atoms with E-state index in [0.717, 1.165) is 16.7 Å². The van der Waals surface area contributed by atoms with E-state index in [1.54, 1.807) is 0 Å². The van der Waals surface area contributed by atoms with Crippen LogP contribution in [-0.4, -0.2) is 10.9 Å². The molecule has 30 heavy (non-hydrogen) atoms. The Kier molecular flexibility index (Phi) is 4.94. The van der Waals surface area contributed by atoms with Gasteiger partial charge in [0.05, 0.1) is 0 Å². The zero-order valence-electron chi connectivity index (χ0n) is 18.0. The van der Waals surface area contributed by atoms with E-state index in [9.17, 15) is 4.79 Å². The number of oxazole rings is 1. The van der Waals surface area contributed by atoms with Gasteiger partial charge in [-0.15, -0.1) is 0 Å². The van der Waals surface area contributed by atoms with Gasteiger partial charge in [0, 0.05) is 16.8 Å². The number of rotatable bonds is 3. The number of hydrogen-bond donors (Lipinski definition) is 1. The van der Waals surface area contributed by atoms with Gasteiger partial charge in [-0.2, -0.15) is 0 Å². The predicted octanol–water partition coefficient (Wildman–Crippen LogP) is 6.66. The molecule has 0 radical (unpaired) electrons. The molecule has 0 saturated heterocycles. The van der Waals surface area contributed by atoms with Crippen molar-refractivity contribution in [2.45, 2.75) is 40.0 Å². The molecule has 152 valence electrons. The van der Waals surface area contributed by atoms with E-state index >= 15 is 0 Å². The molecule has 0 aliphatic carbocycles. The van der Waals surface area contributed by atoms with Crippen LogP contribution in [0.25, 0.3) is 22.6 Å². The molecule has 1 aromatic heterocycles. The minimum Gasteiger partial charge on any atom is -0.436 e. The van der Waals surface area contributed by atoms with Crippen molar-refractivity contribution in [3.8, 4) is 11.5 Å². The Bertz CT molecular complexity index is 1190. The van der Waals surface area contributed by atoms with Gasteiger partial charge in [-0.1, -0.05) is 39.0 Å². The van der Waals surface area contributed by atoms with E-state index < -0.39 is 0 Å². The highest BCUT2D eigenvalue weighted by Gasteiger charge is 2.15. The lowest BCUT2D eigenvalue weighted by Crippen LogP contribution is -2.14. The molecule has 1 heterocycles. The SMILES string of the molecule is Cc1cc2nc(-c3cccc(NC(=O)c4ccc(C(C)(C)C)cc4)c3)oc2cc1C. The molecule has 1 N–H and O–H groups in total. The molecular formula is C26H26N2O2. The van der Waals surface area contributed by atoms with Crippen LogP contribution >= 0.6 is 0 Å². The van der Waals surface area contributed by atoms with Gasteiger partial charge in [-0.25, -0.2) is 4.98 Å². The second-order valence-corrected chi connectivity index (χ2v) is 8.79. The van der Waals surface area contributed by atoms with Gasteiger partial charge in [0.1, 0.15) is 5.52 Å². The lowest BCUT2D eigenvalue weighted by atomic mass is 9.87. The molecular weight excluding hydrogens is 372 g/mol. The Hall–Kier alpha value is -3.40. The van der Waals surface area contributed by atoms with Crippen molar-refractivity contribution in [1.29, 1.82) is 0 Å². The summed E-state index contributed by atoms with van der Waals surface area (Å²) in [6.45, 7) is 10.6. The number of fused-ring (bicyclic) bond motifs is 1. The highest BCUT2D eigenvalue weighted by Crippen LogP contribution is 2.28. The molecule has 0 aliphatic heterocycles. The monoisotopic (exact) mass is 398 g/mol. The number of benzene rings is 3. The first-order valence-electron chi connectivity index (χ1n) is 10.1. The summed E-state index contributed by atoms with van der Waals surface area (Å²) in [5.41, 5.74) is 7.35. The minimum absolute atomic E-state index is 0.0556. The van der Waals surface area contributed by atoms with Crippen molar-refractivity contribution in [2.75, 3.05) is 5.32 Å². The van der Waals surface area contributed by atoms with Crippen LogP contribution in [0.1, 0.15) is 47.8 Å². The summed E-state index contributed by atoms with van der Waals surface area (Å²) in [5, 5.41) is 2.97. The first kappa shape index (κ1) is 19.9. The smallest absolute Gasteiger partial charge is 0.255 e. The average molecular weight is 399 g/mol. The van der Waals surface area contributed by atoms with Crippen LogP contribution in [0.4, 0.5) is 5.69 Å². The summed E-state index contributed by atoms with van der Waals surface area (Å²) < 4.78 is 5.96. The maximum Gasteiger partial charge on any atom is 0.255 e. The molecule has 1 amide bonds. The van der Waals surface area contributed by atoms with E-state index in [4.69, 9.17) is 4.42 Å². The summed E-state index contributed by atoms with van der Waals surface area (Å²) in [4.78, 5) is 17.3. The Balaban J connectivity index is 1.57. The Morgan fingerprint density at radius 3 is 2.33 bits per heavy atom. The minimum atomic E-state index is -0.142. The zero-order chi connectivity index (χ0) is 21.5. The fourth-order valence-corrected chi connectivity index (χ4v) is 3.36. The van der Waals surface area contributed by atoms with Gasteiger partial charge < -0.3 is 9.73 Å². The third-order valence-electron chi connectivity index (χ3n) is 5.38.